The first-order valence-electron chi connectivity index (χ1n) is 10.6. The molecule has 0 spiro atoms. The van der Waals surface area contributed by atoms with Gasteiger partial charge in [0.05, 0.1) is 23.3 Å². The molecule has 7 heteroatoms. The highest BCUT2D eigenvalue weighted by atomic mass is 16.3. The molecule has 1 aliphatic carbocycles. The molecule has 0 saturated heterocycles. The van der Waals surface area contributed by atoms with E-state index in [4.69, 9.17) is 9.40 Å². The fraction of sp³-hybridized carbons (Fsp3) is 0.435. The second kappa shape index (κ2) is 8.73. The molecule has 3 aromatic rings. The Kier molecular flexibility index (Phi) is 5.88. The van der Waals surface area contributed by atoms with E-state index in [0.29, 0.717) is 11.9 Å². The van der Waals surface area contributed by atoms with Crippen molar-refractivity contribution in [3.05, 3.63) is 54.2 Å². The smallest absolute Gasteiger partial charge is 0.287 e. The van der Waals surface area contributed by atoms with Gasteiger partial charge >= 0.3 is 0 Å². The summed E-state index contributed by atoms with van der Waals surface area (Å²) >= 11 is 0. The lowest BCUT2D eigenvalue weighted by atomic mass is 9.94. The second-order valence-corrected chi connectivity index (χ2v) is 8.01. The average molecular weight is 409 g/mol. The molecular weight excluding hydrogens is 380 g/mol. The van der Waals surface area contributed by atoms with Crippen LogP contribution in [-0.2, 0) is 11.3 Å². The van der Waals surface area contributed by atoms with Gasteiger partial charge in [-0.05, 0) is 44.0 Å². The number of amides is 2. The molecule has 0 radical (unpaired) electrons. The molecule has 2 amide bonds. The van der Waals surface area contributed by atoms with E-state index in [1.807, 2.05) is 47.7 Å². The minimum Gasteiger partial charge on any atom is -0.459 e. The van der Waals surface area contributed by atoms with Crippen LogP contribution in [0.2, 0.25) is 0 Å². The highest BCUT2D eigenvalue weighted by Crippen LogP contribution is 2.24. The van der Waals surface area contributed by atoms with Gasteiger partial charge in [-0.1, -0.05) is 31.4 Å². The van der Waals surface area contributed by atoms with Gasteiger partial charge in [0, 0.05) is 13.1 Å². The van der Waals surface area contributed by atoms with E-state index in [1.54, 1.807) is 12.1 Å². The Morgan fingerprint density at radius 3 is 2.70 bits per heavy atom. The van der Waals surface area contributed by atoms with Gasteiger partial charge < -0.3 is 19.2 Å². The Bertz CT molecular complexity index is 1020. The maximum atomic E-state index is 13.1. The van der Waals surface area contributed by atoms with E-state index < -0.39 is 0 Å². The van der Waals surface area contributed by atoms with E-state index in [2.05, 4.69) is 5.32 Å². The summed E-state index contributed by atoms with van der Waals surface area (Å²) in [4.78, 5) is 32.2. The molecule has 1 aliphatic rings. The molecule has 4 rings (SSSR count). The van der Waals surface area contributed by atoms with E-state index in [0.717, 1.165) is 23.9 Å². The molecule has 0 aliphatic heterocycles. The van der Waals surface area contributed by atoms with Crippen LogP contribution in [0, 0.1) is 0 Å². The van der Waals surface area contributed by atoms with E-state index in [1.165, 1.54) is 25.5 Å². The topological polar surface area (TPSA) is 80.4 Å². The zero-order valence-corrected chi connectivity index (χ0v) is 17.5. The Balaban J connectivity index is 1.58. The number of hydrogen-bond acceptors (Lipinski definition) is 4. The number of likely N-dealkylation sites (N-methyl/N-ethyl adjacent to an activating group) is 1. The molecule has 2 aromatic heterocycles. The van der Waals surface area contributed by atoms with Gasteiger partial charge in [-0.25, -0.2) is 4.98 Å². The van der Waals surface area contributed by atoms with Crippen LogP contribution in [0.15, 0.2) is 47.1 Å². The van der Waals surface area contributed by atoms with Crippen molar-refractivity contribution in [1.29, 1.82) is 0 Å². The molecule has 1 atom stereocenters. The Labute approximate surface area is 176 Å². The van der Waals surface area contributed by atoms with Crippen molar-refractivity contribution >= 4 is 22.8 Å². The van der Waals surface area contributed by atoms with Crippen LogP contribution in [0.3, 0.4) is 0 Å². The van der Waals surface area contributed by atoms with Crippen molar-refractivity contribution in [3.63, 3.8) is 0 Å². The van der Waals surface area contributed by atoms with E-state index in [-0.39, 0.29) is 30.2 Å². The lowest BCUT2D eigenvalue weighted by molar-refractivity contribution is -0.133. The van der Waals surface area contributed by atoms with Gasteiger partial charge in [0.1, 0.15) is 12.4 Å². The first-order chi connectivity index (χ1) is 14.5. The lowest BCUT2D eigenvalue weighted by Crippen LogP contribution is -2.40. The number of aromatic nitrogens is 2. The first kappa shape index (κ1) is 20.2. The Morgan fingerprint density at radius 1 is 1.20 bits per heavy atom. The van der Waals surface area contributed by atoms with Crippen LogP contribution in [0.4, 0.5) is 0 Å². The van der Waals surface area contributed by atoms with Gasteiger partial charge in [0.2, 0.25) is 5.91 Å². The maximum absolute atomic E-state index is 13.1. The predicted octanol–water partition coefficient (Wildman–Crippen LogP) is 3.91. The van der Waals surface area contributed by atoms with E-state index >= 15 is 0 Å². The molecule has 2 heterocycles. The second-order valence-electron chi connectivity index (χ2n) is 8.01. The van der Waals surface area contributed by atoms with Crippen LogP contribution >= 0.6 is 0 Å². The monoisotopic (exact) mass is 408 g/mol. The number of rotatable bonds is 6. The number of para-hydroxylation sites is 2. The summed E-state index contributed by atoms with van der Waals surface area (Å²) in [5.74, 6) is 0.659. The minimum atomic E-state index is -0.386. The summed E-state index contributed by atoms with van der Waals surface area (Å²) in [6.45, 7) is 2.07. The Hall–Kier alpha value is -3.09. The lowest BCUT2D eigenvalue weighted by Gasteiger charge is -2.31. The summed E-state index contributed by atoms with van der Waals surface area (Å²) < 4.78 is 7.11. The molecule has 1 saturated carbocycles. The molecule has 158 valence electrons. The van der Waals surface area contributed by atoms with Crippen LogP contribution in [0.25, 0.3) is 11.0 Å². The van der Waals surface area contributed by atoms with Crippen molar-refractivity contribution in [2.45, 2.75) is 57.7 Å². The number of fused-ring (bicyclic) bond motifs is 1. The highest BCUT2D eigenvalue weighted by molar-refractivity contribution is 5.91. The number of furan rings is 1. The van der Waals surface area contributed by atoms with Crippen LogP contribution in [0.1, 0.15) is 61.4 Å². The number of nitrogens with one attached hydrogen (secondary N) is 1. The summed E-state index contributed by atoms with van der Waals surface area (Å²) in [6.07, 6.45) is 7.20. The zero-order chi connectivity index (χ0) is 21.1. The molecule has 1 N–H and O–H groups in total. The predicted molar refractivity (Wildman–Crippen MR) is 114 cm³/mol. The Morgan fingerprint density at radius 2 is 1.97 bits per heavy atom. The fourth-order valence-electron chi connectivity index (χ4n) is 4.25. The van der Waals surface area contributed by atoms with Crippen molar-refractivity contribution in [1.82, 2.24) is 19.8 Å². The van der Waals surface area contributed by atoms with Gasteiger partial charge in [-0.15, -0.1) is 0 Å². The third-order valence-corrected chi connectivity index (χ3v) is 5.97. The fourth-order valence-corrected chi connectivity index (χ4v) is 4.25. The van der Waals surface area contributed by atoms with Crippen molar-refractivity contribution in [2.24, 2.45) is 0 Å². The van der Waals surface area contributed by atoms with Crippen LogP contribution < -0.4 is 5.32 Å². The van der Waals surface area contributed by atoms with Crippen LogP contribution in [-0.4, -0.2) is 39.4 Å². The summed E-state index contributed by atoms with van der Waals surface area (Å²) in [5.41, 5.74) is 1.69. The normalized spacial score (nSPS) is 15.8. The van der Waals surface area contributed by atoms with Crippen molar-refractivity contribution in [2.75, 3.05) is 7.05 Å². The minimum absolute atomic E-state index is 0.0656. The third kappa shape index (κ3) is 4.10. The number of carbonyl (C=O) groups excluding carboxylic acids is 2. The molecule has 30 heavy (non-hydrogen) atoms. The van der Waals surface area contributed by atoms with Crippen molar-refractivity contribution in [3.8, 4) is 0 Å². The summed E-state index contributed by atoms with van der Waals surface area (Å²) in [6, 6.07) is 11.0. The van der Waals surface area contributed by atoms with Crippen LogP contribution in [0.5, 0.6) is 0 Å². The SMILES string of the molecule is CC(NC(=O)c1ccco1)c1nc2ccccc2n1CC(=O)N(C)C1CCCCC1. The maximum Gasteiger partial charge on any atom is 0.287 e. The first-order valence-corrected chi connectivity index (χ1v) is 10.6. The molecule has 7 nitrogen and oxygen atoms in total. The highest BCUT2D eigenvalue weighted by Gasteiger charge is 2.25. The number of imidazole rings is 1. The molecule has 1 aromatic carbocycles. The quantitative estimate of drug-likeness (QED) is 0.671. The van der Waals surface area contributed by atoms with Gasteiger partial charge in [0.15, 0.2) is 5.76 Å². The molecule has 0 bridgehead atoms. The number of benzene rings is 1. The number of nitrogens with zero attached hydrogens (tertiary/aromatic N) is 3. The average Bonchev–Trinajstić information content (AvgIpc) is 3.43. The standard InChI is InChI=1S/C23H28N4O3/c1-16(24-23(29)20-13-8-14-30-20)22-25-18-11-6-7-12-19(18)27(22)15-21(28)26(2)17-9-4-3-5-10-17/h6-8,11-14,16-17H,3-5,9-10,15H2,1-2H3,(H,24,29). The number of carbonyl (C=O) groups is 2. The van der Waals surface area contributed by atoms with Gasteiger partial charge in [-0.2, -0.15) is 0 Å². The zero-order valence-electron chi connectivity index (χ0n) is 17.5. The van der Waals surface area contributed by atoms with Crippen molar-refractivity contribution < 1.29 is 14.0 Å². The molecular formula is C23H28N4O3. The van der Waals surface area contributed by atoms with Gasteiger partial charge in [0.25, 0.3) is 5.91 Å². The third-order valence-electron chi connectivity index (χ3n) is 5.97. The van der Waals surface area contributed by atoms with E-state index in [9.17, 15) is 9.59 Å². The van der Waals surface area contributed by atoms with Gasteiger partial charge in [-0.3, -0.25) is 9.59 Å². The molecule has 1 unspecified atom stereocenters. The molecule has 1 fully saturated rings. The largest absolute Gasteiger partial charge is 0.459 e. The summed E-state index contributed by atoms with van der Waals surface area (Å²) in [7, 11) is 1.90. The number of hydrogen-bond donors (Lipinski definition) is 1. The summed E-state index contributed by atoms with van der Waals surface area (Å²) in [5, 5.41) is 2.92.